The maximum atomic E-state index is 12.4. The van der Waals surface area contributed by atoms with Gasteiger partial charge in [0.15, 0.2) is 8.32 Å². The van der Waals surface area contributed by atoms with Crippen molar-refractivity contribution in [3.8, 4) is 0 Å². The van der Waals surface area contributed by atoms with Crippen LogP contribution in [0.3, 0.4) is 0 Å². The lowest BCUT2D eigenvalue weighted by atomic mass is 10.3. The molecule has 7 heteroatoms. The van der Waals surface area contributed by atoms with Crippen molar-refractivity contribution in [2.75, 3.05) is 0 Å². The molecule has 0 unspecified atom stereocenters. The molecule has 0 spiro atoms. The summed E-state index contributed by atoms with van der Waals surface area (Å²) < 4.78 is 6.46. The number of nitrogens with one attached hydrogen (secondary N) is 2. The van der Waals surface area contributed by atoms with Crippen LogP contribution in [-0.2, 0) is 13.7 Å². The zero-order valence-electron chi connectivity index (χ0n) is 15.4. The summed E-state index contributed by atoms with van der Waals surface area (Å²) in [5, 5.41) is 0.862. The first-order valence-electron chi connectivity index (χ1n) is 8.60. The van der Waals surface area contributed by atoms with E-state index in [9.17, 15) is 9.59 Å². The fourth-order valence-corrected chi connectivity index (χ4v) is 8.99. The van der Waals surface area contributed by atoms with Gasteiger partial charge in [-0.2, -0.15) is 0 Å². The Morgan fingerprint density at radius 1 is 0.917 bits per heavy atom. The summed E-state index contributed by atoms with van der Waals surface area (Å²) >= 11 is 0. The van der Waals surface area contributed by atoms with Gasteiger partial charge < -0.3 is 14.1 Å². The van der Waals surface area contributed by atoms with E-state index in [1.807, 2.05) is 44.2 Å². The minimum atomic E-state index is -3.15. The number of carbonyl (C=O) groups excluding carboxylic acids is 2. The molecule has 0 aliphatic rings. The minimum Gasteiger partial charge on any atom is -0.422 e. The van der Waals surface area contributed by atoms with Crippen LogP contribution in [0, 0.1) is 0 Å². The highest BCUT2D eigenvalue weighted by Crippen LogP contribution is 2.12. The molecule has 0 atom stereocenters. The zero-order chi connectivity index (χ0) is 18.2. The molecule has 0 aromatic heterocycles. The van der Waals surface area contributed by atoms with Crippen molar-refractivity contribution >= 4 is 34.0 Å². The standard InChI is InChI=1S/C17H30N2O3Si2/c1-6-11-16(20)18-24(22-23(3,4)5,19-17(21)12-7-2)15-13-9-8-10-14-15/h8-10,13-14H,6-7,11-12H2,1-5H3,(H,18,20)(H,19,21). The maximum absolute atomic E-state index is 12.4. The minimum absolute atomic E-state index is 0.0805. The third-order valence-corrected chi connectivity index (χ3v) is 9.31. The smallest absolute Gasteiger partial charge is 0.422 e. The van der Waals surface area contributed by atoms with Crippen LogP contribution in [0.4, 0.5) is 0 Å². The second kappa shape index (κ2) is 9.15. The molecular formula is C17H30N2O3Si2. The molecular weight excluding hydrogens is 336 g/mol. The third-order valence-electron chi connectivity index (χ3n) is 3.22. The second-order valence-electron chi connectivity index (χ2n) is 6.86. The summed E-state index contributed by atoms with van der Waals surface area (Å²) in [4.78, 5) is 30.9. The molecule has 0 radical (unpaired) electrons. The largest absolute Gasteiger partial charge is 0.443 e. The van der Waals surface area contributed by atoms with E-state index >= 15 is 0 Å². The van der Waals surface area contributed by atoms with Crippen LogP contribution >= 0.6 is 0 Å². The summed E-state index contributed by atoms with van der Waals surface area (Å²) in [6.07, 6.45) is 2.34. The van der Waals surface area contributed by atoms with Crippen molar-refractivity contribution in [1.29, 1.82) is 0 Å². The normalized spacial score (nSPS) is 11.9. The van der Waals surface area contributed by atoms with Crippen LogP contribution in [0.1, 0.15) is 39.5 Å². The van der Waals surface area contributed by atoms with Gasteiger partial charge >= 0.3 is 8.64 Å². The third kappa shape index (κ3) is 6.58. The highest BCUT2D eigenvalue weighted by atomic mass is 28.4. The fraction of sp³-hybridized carbons (Fsp3) is 0.529. The van der Waals surface area contributed by atoms with E-state index in [1.54, 1.807) is 0 Å². The highest BCUT2D eigenvalue weighted by Gasteiger charge is 2.46. The Labute approximate surface area is 147 Å². The maximum Gasteiger partial charge on any atom is 0.443 e. The lowest BCUT2D eigenvalue weighted by Crippen LogP contribution is -2.77. The van der Waals surface area contributed by atoms with Gasteiger partial charge in [0.05, 0.1) is 0 Å². The van der Waals surface area contributed by atoms with Crippen molar-refractivity contribution in [3.63, 3.8) is 0 Å². The molecule has 0 bridgehead atoms. The van der Waals surface area contributed by atoms with Gasteiger partial charge in [-0.05, 0) is 32.5 Å². The molecule has 0 saturated heterocycles. The molecule has 0 saturated carbocycles. The summed E-state index contributed by atoms with van der Waals surface area (Å²) in [6, 6.07) is 9.57. The van der Waals surface area contributed by atoms with Gasteiger partial charge in [0, 0.05) is 18.0 Å². The van der Waals surface area contributed by atoms with E-state index in [2.05, 4.69) is 29.6 Å². The SMILES string of the molecule is CCCC(=O)N[Si](NC(=O)CCC)(O[Si](C)(C)C)c1ccccc1. The molecule has 1 rings (SSSR count). The van der Waals surface area contributed by atoms with Gasteiger partial charge in [-0.15, -0.1) is 0 Å². The van der Waals surface area contributed by atoms with E-state index in [0.29, 0.717) is 12.8 Å². The first kappa shape index (κ1) is 20.6. The monoisotopic (exact) mass is 366 g/mol. The zero-order valence-corrected chi connectivity index (χ0v) is 17.4. The van der Waals surface area contributed by atoms with Crippen LogP contribution in [0.15, 0.2) is 30.3 Å². The first-order chi connectivity index (χ1) is 11.2. The van der Waals surface area contributed by atoms with Gasteiger partial charge in [-0.1, -0.05) is 44.2 Å². The van der Waals surface area contributed by atoms with Gasteiger partial charge in [-0.25, -0.2) is 0 Å². The summed E-state index contributed by atoms with van der Waals surface area (Å²) in [5.41, 5.74) is 0. The summed E-state index contributed by atoms with van der Waals surface area (Å²) in [7, 11) is -5.17. The Bertz CT molecular complexity index is 525. The van der Waals surface area contributed by atoms with Crippen molar-refractivity contribution < 1.29 is 13.7 Å². The van der Waals surface area contributed by atoms with Crippen molar-refractivity contribution in [3.05, 3.63) is 30.3 Å². The fourth-order valence-electron chi connectivity index (χ4n) is 2.39. The van der Waals surface area contributed by atoms with Crippen molar-refractivity contribution in [2.24, 2.45) is 0 Å². The van der Waals surface area contributed by atoms with E-state index < -0.39 is 17.0 Å². The Morgan fingerprint density at radius 3 is 1.75 bits per heavy atom. The average Bonchev–Trinajstić information content (AvgIpc) is 2.46. The first-order valence-corrected chi connectivity index (χ1v) is 13.9. The van der Waals surface area contributed by atoms with E-state index in [-0.39, 0.29) is 11.8 Å². The molecule has 24 heavy (non-hydrogen) atoms. The van der Waals surface area contributed by atoms with Crippen LogP contribution < -0.4 is 15.2 Å². The number of benzene rings is 1. The lowest BCUT2D eigenvalue weighted by molar-refractivity contribution is -0.120. The molecule has 2 amide bonds. The highest BCUT2D eigenvalue weighted by molar-refractivity contribution is 6.92. The average molecular weight is 367 g/mol. The van der Waals surface area contributed by atoms with E-state index in [0.717, 1.165) is 18.0 Å². The van der Waals surface area contributed by atoms with Crippen LogP contribution in [0.2, 0.25) is 19.6 Å². The van der Waals surface area contributed by atoms with Gasteiger partial charge in [0.1, 0.15) is 0 Å². The van der Waals surface area contributed by atoms with Gasteiger partial charge in [-0.3, -0.25) is 9.59 Å². The molecule has 134 valence electrons. The van der Waals surface area contributed by atoms with E-state index in [1.165, 1.54) is 0 Å². The predicted octanol–water partition coefficient (Wildman–Crippen LogP) is 2.52. The number of rotatable bonds is 9. The van der Waals surface area contributed by atoms with Crippen LogP contribution in [0.5, 0.6) is 0 Å². The molecule has 0 heterocycles. The number of hydrogen-bond acceptors (Lipinski definition) is 3. The van der Waals surface area contributed by atoms with Crippen molar-refractivity contribution in [2.45, 2.75) is 59.2 Å². The number of carbonyl (C=O) groups is 2. The molecule has 1 aromatic rings. The Hall–Kier alpha value is -1.45. The molecule has 2 N–H and O–H groups in total. The molecule has 0 aliphatic carbocycles. The molecule has 0 aliphatic heterocycles. The summed E-state index contributed by atoms with van der Waals surface area (Å²) in [5.74, 6) is -0.161. The molecule has 1 aromatic carbocycles. The Kier molecular flexibility index (Phi) is 7.85. The predicted molar refractivity (Wildman–Crippen MR) is 102 cm³/mol. The van der Waals surface area contributed by atoms with E-state index in [4.69, 9.17) is 4.12 Å². The molecule has 0 fully saturated rings. The van der Waals surface area contributed by atoms with Gasteiger partial charge in [0.2, 0.25) is 11.8 Å². The van der Waals surface area contributed by atoms with Gasteiger partial charge in [0.25, 0.3) is 0 Å². The van der Waals surface area contributed by atoms with Crippen LogP contribution in [0.25, 0.3) is 0 Å². The van der Waals surface area contributed by atoms with Crippen molar-refractivity contribution in [1.82, 2.24) is 9.96 Å². The second-order valence-corrected chi connectivity index (χ2v) is 14.3. The molecule has 5 nitrogen and oxygen atoms in total. The number of hydrogen-bond donors (Lipinski definition) is 2. The quantitative estimate of drug-likeness (QED) is 0.660. The van der Waals surface area contributed by atoms with Crippen LogP contribution in [-0.4, -0.2) is 28.8 Å². The lowest BCUT2D eigenvalue weighted by Gasteiger charge is -2.37. The Balaban J connectivity index is 3.30. The Morgan fingerprint density at radius 2 is 1.38 bits per heavy atom. The summed E-state index contributed by atoms with van der Waals surface area (Å²) in [6.45, 7) is 10.1. The topological polar surface area (TPSA) is 67.4 Å². The number of amides is 2.